The molecule has 6 heteroatoms. The van der Waals surface area contributed by atoms with Crippen LogP contribution in [0.5, 0.6) is 0 Å². The van der Waals surface area contributed by atoms with E-state index in [4.69, 9.17) is 0 Å². The van der Waals surface area contributed by atoms with E-state index in [1.54, 1.807) is 12.3 Å². The summed E-state index contributed by atoms with van der Waals surface area (Å²) in [5.41, 5.74) is 0.381. The highest BCUT2D eigenvalue weighted by atomic mass is 127. The summed E-state index contributed by atoms with van der Waals surface area (Å²) < 4.78 is 13.5. The summed E-state index contributed by atoms with van der Waals surface area (Å²) in [6.45, 7) is 3.07. The number of halogens is 2. The van der Waals surface area contributed by atoms with Crippen molar-refractivity contribution in [3.05, 3.63) is 29.8 Å². The van der Waals surface area contributed by atoms with Crippen molar-refractivity contribution in [1.29, 1.82) is 0 Å². The summed E-state index contributed by atoms with van der Waals surface area (Å²) in [6.07, 6.45) is 6.49. The fraction of sp³-hybridized carbons (Fsp3) is 0.571. The van der Waals surface area contributed by atoms with Gasteiger partial charge in [0.25, 0.3) is 0 Å². The van der Waals surface area contributed by atoms with Crippen LogP contribution in [0.4, 0.5) is 4.39 Å². The quantitative estimate of drug-likeness (QED) is 0.471. The first-order valence-corrected chi connectivity index (χ1v) is 6.94. The van der Waals surface area contributed by atoms with Crippen LogP contribution in [0, 0.1) is 5.82 Å². The second-order valence-electron chi connectivity index (χ2n) is 4.75. The Morgan fingerprint density at radius 2 is 2.20 bits per heavy atom. The Morgan fingerprint density at radius 3 is 2.85 bits per heavy atom. The van der Waals surface area contributed by atoms with Crippen LogP contribution in [0.3, 0.4) is 0 Å². The van der Waals surface area contributed by atoms with Crippen LogP contribution >= 0.6 is 24.0 Å². The Hall–Kier alpha value is -0.920. The van der Waals surface area contributed by atoms with E-state index in [0.717, 1.165) is 12.5 Å². The molecule has 1 aromatic heterocycles. The Balaban J connectivity index is 0.00000200. The molecule has 2 N–H and O–H groups in total. The molecule has 1 heterocycles. The smallest absolute Gasteiger partial charge is 0.191 e. The average Bonchev–Trinajstić information content (AvgIpc) is 2.91. The first-order valence-electron chi connectivity index (χ1n) is 6.94. The first-order chi connectivity index (χ1) is 9.29. The lowest BCUT2D eigenvalue weighted by Gasteiger charge is -2.16. The van der Waals surface area contributed by atoms with Gasteiger partial charge in [-0.1, -0.05) is 12.8 Å². The van der Waals surface area contributed by atoms with E-state index < -0.39 is 0 Å². The summed E-state index contributed by atoms with van der Waals surface area (Å²) in [7, 11) is 0. The number of nitrogens with zero attached hydrogens (tertiary/aromatic N) is 2. The van der Waals surface area contributed by atoms with Gasteiger partial charge in [-0.2, -0.15) is 0 Å². The molecule has 0 unspecified atom stereocenters. The third-order valence-corrected chi connectivity index (χ3v) is 3.26. The van der Waals surface area contributed by atoms with Crippen molar-refractivity contribution in [2.24, 2.45) is 4.99 Å². The molecule has 2 rings (SSSR count). The normalized spacial score (nSPS) is 15.8. The van der Waals surface area contributed by atoms with E-state index in [0.29, 0.717) is 11.7 Å². The van der Waals surface area contributed by atoms with Gasteiger partial charge in [0, 0.05) is 18.8 Å². The number of pyridine rings is 1. The summed E-state index contributed by atoms with van der Waals surface area (Å²) in [6, 6.07) is 3.49. The van der Waals surface area contributed by atoms with Gasteiger partial charge >= 0.3 is 0 Å². The number of nitrogens with one attached hydrogen (secondary N) is 2. The van der Waals surface area contributed by atoms with E-state index in [1.165, 1.54) is 31.7 Å². The van der Waals surface area contributed by atoms with Crippen LogP contribution in [-0.2, 0) is 6.54 Å². The molecule has 0 spiro atoms. The van der Waals surface area contributed by atoms with Gasteiger partial charge in [0.15, 0.2) is 5.96 Å². The van der Waals surface area contributed by atoms with Crippen LogP contribution < -0.4 is 10.6 Å². The fourth-order valence-corrected chi connectivity index (χ4v) is 2.27. The highest BCUT2D eigenvalue weighted by Crippen LogP contribution is 2.17. The largest absolute Gasteiger partial charge is 0.357 e. The molecule has 1 aliphatic carbocycles. The van der Waals surface area contributed by atoms with Gasteiger partial charge in [0.05, 0.1) is 12.2 Å². The molecule has 0 saturated heterocycles. The van der Waals surface area contributed by atoms with Gasteiger partial charge < -0.3 is 10.6 Å². The van der Waals surface area contributed by atoms with Crippen molar-refractivity contribution in [3.63, 3.8) is 0 Å². The van der Waals surface area contributed by atoms with Crippen LogP contribution in [0.1, 0.15) is 38.3 Å². The van der Waals surface area contributed by atoms with Gasteiger partial charge in [-0.25, -0.2) is 9.38 Å². The van der Waals surface area contributed by atoms with Crippen molar-refractivity contribution < 1.29 is 4.39 Å². The Bertz CT molecular complexity index is 433. The SMILES string of the molecule is CCNC(=NCc1ncccc1F)NC1CCCC1.I. The van der Waals surface area contributed by atoms with E-state index in [1.807, 2.05) is 6.92 Å². The first kappa shape index (κ1) is 17.1. The lowest BCUT2D eigenvalue weighted by atomic mass is 10.2. The number of aliphatic imine (C=N–C) groups is 1. The topological polar surface area (TPSA) is 49.3 Å². The lowest BCUT2D eigenvalue weighted by molar-refractivity contribution is 0.595. The monoisotopic (exact) mass is 392 g/mol. The van der Waals surface area contributed by atoms with E-state index in [9.17, 15) is 4.39 Å². The third kappa shape index (κ3) is 5.22. The second-order valence-corrected chi connectivity index (χ2v) is 4.75. The maximum Gasteiger partial charge on any atom is 0.191 e. The molecule has 0 aromatic carbocycles. The predicted molar refractivity (Wildman–Crippen MR) is 89.8 cm³/mol. The van der Waals surface area contributed by atoms with E-state index in [-0.39, 0.29) is 36.3 Å². The maximum atomic E-state index is 13.5. The Labute approximate surface area is 136 Å². The Kier molecular flexibility index (Phi) is 7.79. The summed E-state index contributed by atoms with van der Waals surface area (Å²) in [5.74, 6) is 0.447. The van der Waals surface area contributed by atoms with Gasteiger partial charge in [0.1, 0.15) is 5.82 Å². The molecule has 0 bridgehead atoms. The number of hydrogen-bond donors (Lipinski definition) is 2. The number of aromatic nitrogens is 1. The molecule has 0 amide bonds. The average molecular weight is 392 g/mol. The lowest BCUT2D eigenvalue weighted by Crippen LogP contribution is -2.42. The summed E-state index contributed by atoms with van der Waals surface area (Å²) in [4.78, 5) is 8.40. The van der Waals surface area contributed by atoms with Crippen LogP contribution in [0.15, 0.2) is 23.3 Å². The minimum atomic E-state index is -0.303. The zero-order chi connectivity index (χ0) is 13.5. The number of hydrogen-bond acceptors (Lipinski definition) is 2. The molecular weight excluding hydrogens is 370 g/mol. The van der Waals surface area contributed by atoms with Crippen molar-refractivity contribution in [2.45, 2.75) is 45.2 Å². The van der Waals surface area contributed by atoms with Crippen LogP contribution in [0.2, 0.25) is 0 Å². The second kappa shape index (κ2) is 9.10. The summed E-state index contributed by atoms with van der Waals surface area (Å²) >= 11 is 0. The third-order valence-electron chi connectivity index (χ3n) is 3.26. The highest BCUT2D eigenvalue weighted by Gasteiger charge is 2.15. The zero-order valence-corrected chi connectivity index (χ0v) is 14.1. The van der Waals surface area contributed by atoms with Crippen molar-refractivity contribution in [3.8, 4) is 0 Å². The molecule has 20 heavy (non-hydrogen) atoms. The van der Waals surface area contributed by atoms with Gasteiger partial charge in [-0.15, -0.1) is 24.0 Å². The minimum Gasteiger partial charge on any atom is -0.357 e. The highest BCUT2D eigenvalue weighted by molar-refractivity contribution is 14.0. The van der Waals surface area contributed by atoms with Crippen LogP contribution in [0.25, 0.3) is 0 Å². The molecule has 0 atom stereocenters. The summed E-state index contributed by atoms with van der Waals surface area (Å²) in [5, 5.41) is 6.58. The molecular formula is C14H22FIN4. The molecule has 1 aliphatic rings. The van der Waals surface area contributed by atoms with E-state index >= 15 is 0 Å². The molecule has 0 aliphatic heterocycles. The molecule has 1 aromatic rings. The van der Waals surface area contributed by atoms with Crippen molar-refractivity contribution in [1.82, 2.24) is 15.6 Å². The van der Waals surface area contributed by atoms with Gasteiger partial charge in [-0.3, -0.25) is 4.98 Å². The molecule has 1 saturated carbocycles. The molecule has 112 valence electrons. The maximum absolute atomic E-state index is 13.5. The van der Waals surface area contributed by atoms with Crippen LogP contribution in [-0.4, -0.2) is 23.5 Å². The zero-order valence-electron chi connectivity index (χ0n) is 11.7. The number of rotatable bonds is 4. The van der Waals surface area contributed by atoms with Gasteiger partial charge in [0.2, 0.25) is 0 Å². The molecule has 1 fully saturated rings. The van der Waals surface area contributed by atoms with Crippen molar-refractivity contribution in [2.75, 3.05) is 6.54 Å². The fourth-order valence-electron chi connectivity index (χ4n) is 2.27. The number of guanidine groups is 1. The predicted octanol–water partition coefficient (Wildman–Crippen LogP) is 2.84. The van der Waals surface area contributed by atoms with E-state index in [2.05, 4.69) is 20.6 Å². The Morgan fingerprint density at radius 1 is 1.45 bits per heavy atom. The minimum absolute atomic E-state index is 0. The molecule has 0 radical (unpaired) electrons. The molecule has 4 nitrogen and oxygen atoms in total. The standard InChI is InChI=1S/C14H21FN4.HI/c1-2-16-14(19-11-6-3-4-7-11)18-10-13-12(15)8-5-9-17-13;/h5,8-9,11H,2-4,6-7,10H2,1H3,(H2,16,18,19);1H. The van der Waals surface area contributed by atoms with Crippen molar-refractivity contribution >= 4 is 29.9 Å². The van der Waals surface area contributed by atoms with Gasteiger partial charge in [-0.05, 0) is 31.9 Å².